The molecule has 0 heterocycles. The third-order valence-electron chi connectivity index (χ3n) is 1.31. The summed E-state index contributed by atoms with van der Waals surface area (Å²) >= 11 is 0. The molecule has 0 atom stereocenters. The molecule has 0 aliphatic carbocycles. The van der Waals surface area contributed by atoms with Crippen molar-refractivity contribution in [2.24, 2.45) is 0 Å². The van der Waals surface area contributed by atoms with Gasteiger partial charge < -0.3 is 0 Å². The van der Waals surface area contributed by atoms with E-state index in [-0.39, 0.29) is 0 Å². The van der Waals surface area contributed by atoms with Gasteiger partial charge in [-0.25, -0.2) is 8.42 Å². The van der Waals surface area contributed by atoms with Crippen LogP contribution in [0.25, 0.3) is 0 Å². The standard InChI is InChI=1S/C6H13O2S/c1-4-6(5-2)9(3,7)8/h4-5H2,1-3H3. The van der Waals surface area contributed by atoms with Gasteiger partial charge in [0.05, 0.1) is 5.25 Å². The van der Waals surface area contributed by atoms with Gasteiger partial charge in [0.2, 0.25) is 0 Å². The molecular weight excluding hydrogens is 136 g/mol. The molecule has 0 bridgehead atoms. The van der Waals surface area contributed by atoms with Crippen molar-refractivity contribution in [3.8, 4) is 0 Å². The van der Waals surface area contributed by atoms with E-state index >= 15 is 0 Å². The van der Waals surface area contributed by atoms with Crippen LogP contribution in [0.4, 0.5) is 0 Å². The Bertz CT molecular complexity index is 154. The van der Waals surface area contributed by atoms with E-state index in [1.807, 2.05) is 13.8 Å². The lowest BCUT2D eigenvalue weighted by Gasteiger charge is -2.06. The zero-order valence-corrected chi connectivity index (χ0v) is 6.96. The van der Waals surface area contributed by atoms with E-state index in [2.05, 4.69) is 0 Å². The minimum atomic E-state index is -2.85. The molecule has 0 aliphatic heterocycles. The zero-order valence-electron chi connectivity index (χ0n) is 6.14. The van der Waals surface area contributed by atoms with Gasteiger partial charge in [0.15, 0.2) is 9.84 Å². The molecule has 0 rings (SSSR count). The summed E-state index contributed by atoms with van der Waals surface area (Å²) in [6.45, 7) is 3.72. The van der Waals surface area contributed by atoms with E-state index in [1.54, 1.807) is 0 Å². The second-order valence-electron chi connectivity index (χ2n) is 2.02. The fourth-order valence-electron chi connectivity index (χ4n) is 0.774. The molecule has 0 aliphatic rings. The third kappa shape index (κ3) is 2.84. The molecule has 0 aromatic heterocycles. The van der Waals surface area contributed by atoms with Crippen molar-refractivity contribution >= 4 is 9.84 Å². The van der Waals surface area contributed by atoms with Gasteiger partial charge in [-0.2, -0.15) is 0 Å². The van der Waals surface area contributed by atoms with Gasteiger partial charge in [-0.15, -0.1) is 0 Å². The molecule has 0 fully saturated rings. The minimum absolute atomic E-state index is 0.641. The van der Waals surface area contributed by atoms with Crippen LogP contribution in [-0.2, 0) is 9.84 Å². The Hall–Kier alpha value is -0.0500. The fraction of sp³-hybridized carbons (Fsp3) is 0.833. The molecule has 1 radical (unpaired) electrons. The van der Waals surface area contributed by atoms with E-state index in [1.165, 1.54) is 6.26 Å². The van der Waals surface area contributed by atoms with Crippen LogP contribution < -0.4 is 0 Å². The van der Waals surface area contributed by atoms with Crippen LogP contribution in [0.15, 0.2) is 0 Å². The summed E-state index contributed by atoms with van der Waals surface area (Å²) in [6, 6.07) is 0. The maximum absolute atomic E-state index is 10.8. The molecule has 3 heteroatoms. The second-order valence-corrected chi connectivity index (χ2v) is 4.14. The van der Waals surface area contributed by atoms with Gasteiger partial charge >= 0.3 is 0 Å². The van der Waals surface area contributed by atoms with Crippen molar-refractivity contribution < 1.29 is 8.42 Å². The number of sulfone groups is 1. The first kappa shape index (κ1) is 8.95. The lowest BCUT2D eigenvalue weighted by molar-refractivity contribution is 0.596. The minimum Gasteiger partial charge on any atom is -0.228 e. The maximum atomic E-state index is 10.8. The van der Waals surface area contributed by atoms with Crippen molar-refractivity contribution in [1.82, 2.24) is 0 Å². The van der Waals surface area contributed by atoms with Crippen LogP contribution in [0.2, 0.25) is 0 Å². The van der Waals surface area contributed by atoms with Crippen molar-refractivity contribution in [3.05, 3.63) is 5.25 Å². The first-order valence-corrected chi connectivity index (χ1v) is 4.96. The Kier molecular flexibility index (Phi) is 3.18. The van der Waals surface area contributed by atoms with E-state index in [9.17, 15) is 8.42 Å². The predicted molar refractivity (Wildman–Crippen MR) is 38.7 cm³/mol. The molecule has 0 saturated heterocycles. The Balaban J connectivity index is 4.14. The van der Waals surface area contributed by atoms with Crippen molar-refractivity contribution in [2.75, 3.05) is 6.26 Å². The van der Waals surface area contributed by atoms with E-state index in [0.717, 1.165) is 0 Å². The van der Waals surface area contributed by atoms with E-state index in [0.29, 0.717) is 18.1 Å². The highest BCUT2D eigenvalue weighted by Crippen LogP contribution is 2.16. The Morgan fingerprint density at radius 2 is 1.56 bits per heavy atom. The van der Waals surface area contributed by atoms with Gasteiger partial charge in [0.25, 0.3) is 0 Å². The Morgan fingerprint density at radius 1 is 1.22 bits per heavy atom. The van der Waals surface area contributed by atoms with Crippen LogP contribution >= 0.6 is 0 Å². The van der Waals surface area contributed by atoms with Crippen molar-refractivity contribution in [2.45, 2.75) is 26.7 Å². The van der Waals surface area contributed by atoms with E-state index < -0.39 is 9.84 Å². The van der Waals surface area contributed by atoms with Gasteiger partial charge in [-0.3, -0.25) is 0 Å². The monoisotopic (exact) mass is 149 g/mol. The van der Waals surface area contributed by atoms with E-state index in [4.69, 9.17) is 0 Å². The molecule has 0 aromatic carbocycles. The highest BCUT2D eigenvalue weighted by Gasteiger charge is 2.15. The molecule has 0 spiro atoms. The molecule has 0 unspecified atom stereocenters. The van der Waals surface area contributed by atoms with Crippen molar-refractivity contribution in [3.63, 3.8) is 0 Å². The molecule has 0 N–H and O–H groups in total. The third-order valence-corrected chi connectivity index (χ3v) is 2.94. The van der Waals surface area contributed by atoms with Crippen LogP contribution in [0.1, 0.15) is 26.7 Å². The summed E-state index contributed by atoms with van der Waals surface area (Å²) in [5.74, 6) is 0. The summed E-state index contributed by atoms with van der Waals surface area (Å²) in [7, 11) is -2.85. The van der Waals surface area contributed by atoms with Gasteiger partial charge in [-0.1, -0.05) is 13.8 Å². The summed E-state index contributed by atoms with van der Waals surface area (Å²) < 4.78 is 21.5. The Morgan fingerprint density at radius 3 is 1.56 bits per heavy atom. The first-order chi connectivity index (χ1) is 4.02. The summed E-state index contributed by atoms with van der Waals surface area (Å²) in [5.41, 5.74) is 0. The molecule has 2 nitrogen and oxygen atoms in total. The zero-order chi connectivity index (χ0) is 7.49. The number of hydrogen-bond acceptors (Lipinski definition) is 2. The van der Waals surface area contributed by atoms with Crippen LogP contribution in [0.3, 0.4) is 0 Å². The summed E-state index contributed by atoms with van der Waals surface area (Å²) in [6.07, 6.45) is 2.56. The Labute approximate surface area is 57.2 Å². The van der Waals surface area contributed by atoms with Crippen LogP contribution in [0.5, 0.6) is 0 Å². The second kappa shape index (κ2) is 3.20. The number of hydrogen-bond donors (Lipinski definition) is 0. The first-order valence-electron chi connectivity index (χ1n) is 3.07. The SMILES string of the molecule is CC[C](CC)S(C)(=O)=O. The normalized spacial score (nSPS) is 12.4. The van der Waals surface area contributed by atoms with Crippen molar-refractivity contribution in [1.29, 1.82) is 0 Å². The molecule has 0 aromatic rings. The molecule has 0 saturated carbocycles. The number of rotatable bonds is 3. The predicted octanol–water partition coefficient (Wildman–Crippen LogP) is 1.38. The highest BCUT2D eigenvalue weighted by atomic mass is 32.2. The van der Waals surface area contributed by atoms with Gasteiger partial charge in [-0.05, 0) is 12.8 Å². The molecule has 55 valence electrons. The maximum Gasteiger partial charge on any atom is 0.154 e. The summed E-state index contributed by atoms with van der Waals surface area (Å²) in [4.78, 5) is 0. The smallest absolute Gasteiger partial charge is 0.154 e. The van der Waals surface area contributed by atoms with Crippen LogP contribution in [-0.4, -0.2) is 14.7 Å². The topological polar surface area (TPSA) is 34.1 Å². The molecular formula is C6H13O2S. The van der Waals surface area contributed by atoms with Gasteiger partial charge in [0, 0.05) is 6.26 Å². The van der Waals surface area contributed by atoms with Gasteiger partial charge in [0.1, 0.15) is 0 Å². The highest BCUT2D eigenvalue weighted by molar-refractivity contribution is 7.93. The molecule has 0 amide bonds. The van der Waals surface area contributed by atoms with Crippen LogP contribution in [0, 0.1) is 5.25 Å². The quantitative estimate of drug-likeness (QED) is 0.607. The summed E-state index contributed by atoms with van der Waals surface area (Å²) in [5, 5.41) is 0.641. The lowest BCUT2D eigenvalue weighted by atomic mass is 10.3. The fourth-order valence-corrected chi connectivity index (χ4v) is 1.82. The molecule has 9 heavy (non-hydrogen) atoms. The average molecular weight is 149 g/mol. The lowest BCUT2D eigenvalue weighted by Crippen LogP contribution is -2.08. The average Bonchev–Trinajstić information content (AvgIpc) is 1.65. The largest absolute Gasteiger partial charge is 0.228 e.